The fourth-order valence-electron chi connectivity index (χ4n) is 1.55. The quantitative estimate of drug-likeness (QED) is 0.640. The van der Waals surface area contributed by atoms with Crippen molar-refractivity contribution < 1.29 is 13.5 Å². The summed E-state index contributed by atoms with van der Waals surface area (Å²) < 4.78 is 24.4. The lowest BCUT2D eigenvalue weighted by Gasteiger charge is -2.21. The molecule has 1 aliphatic rings. The van der Waals surface area contributed by atoms with Crippen LogP contribution >= 0.6 is 0 Å². The first-order chi connectivity index (χ1) is 6.33. The Bertz CT molecular complexity index is 289. The van der Waals surface area contributed by atoms with Crippen molar-refractivity contribution in [3.63, 3.8) is 0 Å². The van der Waals surface area contributed by atoms with Crippen molar-refractivity contribution in [1.82, 2.24) is 4.31 Å². The summed E-state index contributed by atoms with van der Waals surface area (Å²) in [7, 11) is -3.12. The molecule has 6 heteroatoms. The third kappa shape index (κ3) is 2.66. The van der Waals surface area contributed by atoms with Gasteiger partial charge in [0.05, 0.1) is 11.9 Å². The topological polar surface area (TPSA) is 83.6 Å². The van der Waals surface area contributed by atoms with Gasteiger partial charge in [0.2, 0.25) is 10.0 Å². The first-order valence-electron chi connectivity index (χ1n) is 4.74. The number of hydrogen-bond donors (Lipinski definition) is 2. The number of rotatable bonds is 3. The average molecular weight is 222 g/mol. The molecule has 1 saturated heterocycles. The van der Waals surface area contributed by atoms with E-state index in [0.29, 0.717) is 6.54 Å². The number of nitrogens with two attached hydrogens (primary N) is 1. The highest BCUT2D eigenvalue weighted by atomic mass is 32.2. The highest BCUT2D eigenvalue weighted by Crippen LogP contribution is 2.18. The zero-order valence-electron chi connectivity index (χ0n) is 8.55. The number of aliphatic hydroxyl groups excluding tert-OH is 1. The summed E-state index contributed by atoms with van der Waals surface area (Å²) in [6.45, 7) is 4.19. The van der Waals surface area contributed by atoms with Crippen molar-refractivity contribution in [1.29, 1.82) is 0 Å². The Morgan fingerprint density at radius 1 is 1.64 bits per heavy atom. The third-order valence-electron chi connectivity index (χ3n) is 2.44. The van der Waals surface area contributed by atoms with Crippen LogP contribution < -0.4 is 5.73 Å². The lowest BCUT2D eigenvalue weighted by atomic mass is 10.2. The summed E-state index contributed by atoms with van der Waals surface area (Å²) >= 11 is 0. The van der Waals surface area contributed by atoms with E-state index in [4.69, 9.17) is 5.73 Å². The summed E-state index contributed by atoms with van der Waals surface area (Å²) in [5.41, 5.74) is 5.61. The molecule has 14 heavy (non-hydrogen) atoms. The van der Waals surface area contributed by atoms with Gasteiger partial charge in [-0.3, -0.25) is 0 Å². The fourth-order valence-corrected chi connectivity index (χ4v) is 3.47. The predicted molar refractivity (Wildman–Crippen MR) is 54.2 cm³/mol. The van der Waals surface area contributed by atoms with Gasteiger partial charge in [-0.2, -0.15) is 4.31 Å². The Kier molecular flexibility index (Phi) is 3.52. The van der Waals surface area contributed by atoms with Crippen LogP contribution in [0.25, 0.3) is 0 Å². The van der Waals surface area contributed by atoms with Gasteiger partial charge in [0, 0.05) is 19.1 Å². The molecule has 3 atom stereocenters. The molecule has 0 bridgehead atoms. The SMILES string of the molecule is CC1CN(CC(N)C(C)O)S(=O)(=O)C1. The molecule has 0 amide bonds. The molecule has 3 unspecified atom stereocenters. The fraction of sp³-hybridized carbons (Fsp3) is 1.00. The number of hydrogen-bond acceptors (Lipinski definition) is 4. The minimum atomic E-state index is -3.12. The monoisotopic (exact) mass is 222 g/mol. The van der Waals surface area contributed by atoms with Gasteiger partial charge in [-0.25, -0.2) is 8.42 Å². The molecule has 5 nitrogen and oxygen atoms in total. The maximum atomic E-state index is 11.5. The summed E-state index contributed by atoms with van der Waals surface area (Å²) in [5, 5.41) is 9.17. The van der Waals surface area contributed by atoms with E-state index < -0.39 is 22.2 Å². The van der Waals surface area contributed by atoms with Crippen molar-refractivity contribution in [3.05, 3.63) is 0 Å². The van der Waals surface area contributed by atoms with E-state index >= 15 is 0 Å². The van der Waals surface area contributed by atoms with Crippen LogP contribution in [-0.4, -0.2) is 48.8 Å². The van der Waals surface area contributed by atoms with Crippen molar-refractivity contribution in [2.45, 2.75) is 26.0 Å². The largest absolute Gasteiger partial charge is 0.392 e. The van der Waals surface area contributed by atoms with Gasteiger partial charge in [0.25, 0.3) is 0 Å². The van der Waals surface area contributed by atoms with Gasteiger partial charge < -0.3 is 10.8 Å². The van der Waals surface area contributed by atoms with Gasteiger partial charge >= 0.3 is 0 Å². The Morgan fingerprint density at radius 3 is 2.57 bits per heavy atom. The molecule has 1 fully saturated rings. The maximum Gasteiger partial charge on any atom is 0.214 e. The minimum absolute atomic E-state index is 0.154. The zero-order chi connectivity index (χ0) is 10.9. The van der Waals surface area contributed by atoms with Crippen LogP contribution in [0.15, 0.2) is 0 Å². The Labute approximate surface area is 84.9 Å². The molecular weight excluding hydrogens is 204 g/mol. The molecule has 1 aliphatic heterocycles. The molecule has 1 rings (SSSR count). The lowest BCUT2D eigenvalue weighted by molar-refractivity contribution is 0.151. The van der Waals surface area contributed by atoms with Crippen molar-refractivity contribution in [2.75, 3.05) is 18.8 Å². The molecule has 0 aromatic rings. The van der Waals surface area contributed by atoms with Crippen LogP contribution in [0.1, 0.15) is 13.8 Å². The Morgan fingerprint density at radius 2 is 2.21 bits per heavy atom. The second-order valence-electron chi connectivity index (χ2n) is 4.11. The van der Waals surface area contributed by atoms with Crippen LogP contribution in [0.4, 0.5) is 0 Å². The van der Waals surface area contributed by atoms with E-state index in [9.17, 15) is 13.5 Å². The van der Waals surface area contributed by atoms with Gasteiger partial charge in [0.1, 0.15) is 0 Å². The second-order valence-corrected chi connectivity index (χ2v) is 6.12. The van der Waals surface area contributed by atoms with E-state index in [1.807, 2.05) is 6.92 Å². The predicted octanol–water partition coefficient (Wildman–Crippen LogP) is -1.02. The molecule has 0 aliphatic carbocycles. The van der Waals surface area contributed by atoms with Crippen LogP contribution in [0.2, 0.25) is 0 Å². The lowest BCUT2D eigenvalue weighted by Crippen LogP contribution is -2.44. The first-order valence-corrected chi connectivity index (χ1v) is 6.35. The maximum absolute atomic E-state index is 11.5. The van der Waals surface area contributed by atoms with Crippen molar-refractivity contribution in [2.24, 2.45) is 11.7 Å². The van der Waals surface area contributed by atoms with E-state index in [1.54, 1.807) is 6.92 Å². The minimum Gasteiger partial charge on any atom is -0.392 e. The van der Waals surface area contributed by atoms with Crippen LogP contribution in [0, 0.1) is 5.92 Å². The van der Waals surface area contributed by atoms with Gasteiger partial charge in [-0.1, -0.05) is 6.92 Å². The molecule has 3 N–H and O–H groups in total. The molecule has 0 aromatic heterocycles. The van der Waals surface area contributed by atoms with Crippen LogP contribution in [0.5, 0.6) is 0 Å². The van der Waals surface area contributed by atoms with Crippen molar-refractivity contribution >= 4 is 10.0 Å². The molecule has 0 aromatic carbocycles. The highest BCUT2D eigenvalue weighted by Gasteiger charge is 2.34. The normalized spacial score (nSPS) is 31.6. The van der Waals surface area contributed by atoms with E-state index in [0.717, 1.165) is 0 Å². The molecule has 0 saturated carbocycles. The molecule has 84 valence electrons. The van der Waals surface area contributed by atoms with Gasteiger partial charge in [-0.15, -0.1) is 0 Å². The summed E-state index contributed by atoms with van der Waals surface area (Å²) in [6, 6.07) is -0.505. The third-order valence-corrected chi connectivity index (χ3v) is 4.51. The molecule has 1 heterocycles. The highest BCUT2D eigenvalue weighted by molar-refractivity contribution is 7.89. The zero-order valence-corrected chi connectivity index (χ0v) is 9.37. The van der Waals surface area contributed by atoms with E-state index in [-0.39, 0.29) is 18.2 Å². The Balaban J connectivity index is 2.62. The standard InChI is InChI=1S/C8H18N2O3S/c1-6-3-10(14(12,13)5-6)4-8(9)7(2)11/h6-8,11H,3-5,9H2,1-2H3. The van der Waals surface area contributed by atoms with Gasteiger partial charge in [-0.05, 0) is 12.8 Å². The summed E-state index contributed by atoms with van der Waals surface area (Å²) in [6.07, 6.45) is -0.680. The Hall–Kier alpha value is -0.170. The molecule has 0 radical (unpaired) electrons. The number of sulfonamides is 1. The molecular formula is C8H18N2O3S. The number of nitrogens with zero attached hydrogens (tertiary/aromatic N) is 1. The van der Waals surface area contributed by atoms with Gasteiger partial charge in [0.15, 0.2) is 0 Å². The second kappa shape index (κ2) is 4.14. The van der Waals surface area contributed by atoms with Crippen LogP contribution in [-0.2, 0) is 10.0 Å². The van der Waals surface area contributed by atoms with Crippen molar-refractivity contribution in [3.8, 4) is 0 Å². The summed E-state index contributed by atoms with van der Waals surface area (Å²) in [5.74, 6) is 0.348. The van der Waals surface area contributed by atoms with Crippen LogP contribution in [0.3, 0.4) is 0 Å². The number of aliphatic hydroxyl groups is 1. The summed E-state index contributed by atoms with van der Waals surface area (Å²) in [4.78, 5) is 0. The molecule has 0 spiro atoms. The van der Waals surface area contributed by atoms with E-state index in [2.05, 4.69) is 0 Å². The average Bonchev–Trinajstić information content (AvgIpc) is 2.24. The smallest absolute Gasteiger partial charge is 0.214 e. The first kappa shape index (κ1) is 11.9. The van der Waals surface area contributed by atoms with E-state index in [1.165, 1.54) is 4.31 Å².